The molecular formula is C12H17ClN2O3S. The van der Waals surface area contributed by atoms with E-state index in [0.29, 0.717) is 24.0 Å². The van der Waals surface area contributed by atoms with Crippen LogP contribution in [0.15, 0.2) is 18.2 Å². The Hall–Kier alpha value is -0.980. The van der Waals surface area contributed by atoms with Crippen molar-refractivity contribution >= 4 is 27.5 Å². The molecule has 2 rings (SSSR count). The maximum atomic E-state index is 12.2. The van der Waals surface area contributed by atoms with Crippen LogP contribution in [0.2, 0.25) is 5.02 Å². The van der Waals surface area contributed by atoms with Gasteiger partial charge in [-0.2, -0.15) is 12.7 Å². The molecule has 0 aliphatic carbocycles. The summed E-state index contributed by atoms with van der Waals surface area (Å²) in [5.74, 6) is 0.172. The van der Waals surface area contributed by atoms with Gasteiger partial charge in [0, 0.05) is 24.2 Å². The lowest BCUT2D eigenvalue weighted by atomic mass is 10.0. The van der Waals surface area contributed by atoms with E-state index in [1.165, 1.54) is 22.5 Å². The van der Waals surface area contributed by atoms with E-state index in [4.69, 9.17) is 11.6 Å². The largest absolute Gasteiger partial charge is 0.506 e. The van der Waals surface area contributed by atoms with Crippen molar-refractivity contribution in [3.05, 3.63) is 23.2 Å². The molecule has 0 amide bonds. The van der Waals surface area contributed by atoms with Crippen molar-refractivity contribution in [2.45, 2.75) is 19.8 Å². The fourth-order valence-electron chi connectivity index (χ4n) is 2.16. The van der Waals surface area contributed by atoms with Crippen LogP contribution in [0.3, 0.4) is 0 Å². The predicted octanol–water partition coefficient (Wildman–Crippen LogP) is 2.43. The van der Waals surface area contributed by atoms with E-state index < -0.39 is 10.2 Å². The minimum Gasteiger partial charge on any atom is -0.506 e. The van der Waals surface area contributed by atoms with E-state index in [9.17, 15) is 13.5 Å². The molecule has 0 aromatic heterocycles. The monoisotopic (exact) mass is 304 g/mol. The lowest BCUT2D eigenvalue weighted by Gasteiger charge is -2.30. The minimum absolute atomic E-state index is 0.141. The summed E-state index contributed by atoms with van der Waals surface area (Å²) >= 11 is 5.71. The first-order valence-corrected chi connectivity index (χ1v) is 7.96. The highest BCUT2D eigenvalue weighted by Gasteiger charge is 2.27. The smallest absolute Gasteiger partial charge is 0.301 e. The Bertz CT molecular complexity index is 562. The van der Waals surface area contributed by atoms with Crippen molar-refractivity contribution in [3.63, 3.8) is 0 Å². The number of anilines is 1. The molecule has 1 unspecified atom stereocenters. The molecule has 1 atom stereocenters. The molecule has 1 heterocycles. The molecule has 1 aliphatic heterocycles. The zero-order chi connectivity index (χ0) is 14.0. The number of halogens is 1. The molecule has 19 heavy (non-hydrogen) atoms. The van der Waals surface area contributed by atoms with Crippen LogP contribution in [0, 0.1) is 5.92 Å². The van der Waals surface area contributed by atoms with Crippen molar-refractivity contribution in [2.24, 2.45) is 5.92 Å². The van der Waals surface area contributed by atoms with Crippen LogP contribution in [-0.4, -0.2) is 30.9 Å². The number of phenolic OH excluding ortho intramolecular Hbond substituents is 1. The second-order valence-electron chi connectivity index (χ2n) is 4.87. The first-order valence-electron chi connectivity index (χ1n) is 6.15. The number of rotatable bonds is 3. The molecule has 7 heteroatoms. The van der Waals surface area contributed by atoms with Gasteiger partial charge in [0.15, 0.2) is 0 Å². The summed E-state index contributed by atoms with van der Waals surface area (Å²) in [5, 5.41) is 10.0. The maximum absolute atomic E-state index is 12.2. The standard InChI is InChI=1S/C12H17ClN2O3S/c1-9-3-2-6-15(8-9)19(17,18)14-11-5-4-10(13)7-12(11)16/h4-5,7,9,14,16H,2-3,6,8H2,1H3. The van der Waals surface area contributed by atoms with Gasteiger partial charge in [0.05, 0.1) is 5.69 Å². The molecular weight excluding hydrogens is 288 g/mol. The van der Waals surface area contributed by atoms with Crippen LogP contribution < -0.4 is 4.72 Å². The first kappa shape index (κ1) is 14.4. The fraction of sp³-hybridized carbons (Fsp3) is 0.500. The molecule has 0 spiro atoms. The molecule has 0 radical (unpaired) electrons. The van der Waals surface area contributed by atoms with Gasteiger partial charge in [-0.3, -0.25) is 4.72 Å². The van der Waals surface area contributed by atoms with Crippen LogP contribution in [0.1, 0.15) is 19.8 Å². The topological polar surface area (TPSA) is 69.6 Å². The molecule has 0 saturated carbocycles. The summed E-state index contributed by atoms with van der Waals surface area (Å²) in [6.07, 6.45) is 1.90. The summed E-state index contributed by atoms with van der Waals surface area (Å²) in [5.41, 5.74) is 0.141. The molecule has 1 aromatic carbocycles. The Morgan fingerprint density at radius 1 is 1.47 bits per heavy atom. The molecule has 1 aromatic rings. The minimum atomic E-state index is -3.62. The van der Waals surface area contributed by atoms with E-state index in [2.05, 4.69) is 4.72 Å². The molecule has 1 fully saturated rings. The van der Waals surface area contributed by atoms with E-state index in [-0.39, 0.29) is 11.4 Å². The predicted molar refractivity (Wildman–Crippen MR) is 75.6 cm³/mol. The maximum Gasteiger partial charge on any atom is 0.301 e. The van der Waals surface area contributed by atoms with E-state index in [1.807, 2.05) is 6.92 Å². The van der Waals surface area contributed by atoms with Crippen LogP contribution in [0.5, 0.6) is 5.75 Å². The number of nitrogens with one attached hydrogen (secondary N) is 1. The van der Waals surface area contributed by atoms with Gasteiger partial charge in [-0.05, 0) is 30.9 Å². The number of piperidine rings is 1. The molecule has 0 bridgehead atoms. The third-order valence-electron chi connectivity index (χ3n) is 3.16. The molecule has 5 nitrogen and oxygen atoms in total. The fourth-order valence-corrected chi connectivity index (χ4v) is 3.73. The van der Waals surface area contributed by atoms with E-state index in [1.54, 1.807) is 0 Å². The Balaban J connectivity index is 2.16. The summed E-state index contributed by atoms with van der Waals surface area (Å²) in [6, 6.07) is 4.28. The highest BCUT2D eigenvalue weighted by atomic mass is 35.5. The number of aromatic hydroxyl groups is 1. The molecule has 2 N–H and O–H groups in total. The first-order chi connectivity index (χ1) is 8.88. The SMILES string of the molecule is CC1CCCN(S(=O)(=O)Nc2ccc(Cl)cc2O)C1. The van der Waals surface area contributed by atoms with E-state index >= 15 is 0 Å². The quantitative estimate of drug-likeness (QED) is 0.843. The van der Waals surface area contributed by atoms with Gasteiger partial charge in [0.1, 0.15) is 5.75 Å². The lowest BCUT2D eigenvalue weighted by Crippen LogP contribution is -2.42. The van der Waals surface area contributed by atoms with Crippen molar-refractivity contribution in [1.29, 1.82) is 0 Å². The van der Waals surface area contributed by atoms with Gasteiger partial charge >= 0.3 is 10.2 Å². The van der Waals surface area contributed by atoms with Crippen LogP contribution in [-0.2, 0) is 10.2 Å². The third kappa shape index (κ3) is 3.52. The van der Waals surface area contributed by atoms with Gasteiger partial charge in [0.25, 0.3) is 0 Å². The summed E-state index contributed by atoms with van der Waals surface area (Å²) in [4.78, 5) is 0. The summed E-state index contributed by atoms with van der Waals surface area (Å²) in [6.45, 7) is 3.04. The Morgan fingerprint density at radius 2 is 2.21 bits per heavy atom. The molecule has 1 aliphatic rings. The highest BCUT2D eigenvalue weighted by Crippen LogP contribution is 2.28. The zero-order valence-electron chi connectivity index (χ0n) is 10.6. The van der Waals surface area contributed by atoms with Gasteiger partial charge in [-0.15, -0.1) is 0 Å². The molecule has 1 saturated heterocycles. The zero-order valence-corrected chi connectivity index (χ0v) is 12.2. The Kier molecular flexibility index (Phi) is 4.23. The van der Waals surface area contributed by atoms with Gasteiger partial charge in [-0.25, -0.2) is 0 Å². The van der Waals surface area contributed by atoms with Crippen LogP contribution in [0.4, 0.5) is 5.69 Å². The Labute approximate surface area is 118 Å². The number of nitrogens with zero attached hydrogens (tertiary/aromatic N) is 1. The lowest BCUT2D eigenvalue weighted by molar-refractivity contribution is 0.282. The van der Waals surface area contributed by atoms with Crippen molar-refractivity contribution in [2.75, 3.05) is 17.8 Å². The number of phenols is 1. The number of hydrogen-bond donors (Lipinski definition) is 2. The van der Waals surface area contributed by atoms with Gasteiger partial charge in [0.2, 0.25) is 0 Å². The van der Waals surface area contributed by atoms with Crippen molar-refractivity contribution in [3.8, 4) is 5.75 Å². The summed E-state index contributed by atoms with van der Waals surface area (Å²) < 4.78 is 28.2. The number of benzene rings is 1. The van der Waals surface area contributed by atoms with Crippen molar-refractivity contribution < 1.29 is 13.5 Å². The van der Waals surface area contributed by atoms with Gasteiger partial charge < -0.3 is 5.11 Å². The van der Waals surface area contributed by atoms with Crippen LogP contribution >= 0.6 is 11.6 Å². The summed E-state index contributed by atoms with van der Waals surface area (Å²) in [7, 11) is -3.62. The van der Waals surface area contributed by atoms with Crippen molar-refractivity contribution in [1.82, 2.24) is 4.31 Å². The average Bonchev–Trinajstić information content (AvgIpc) is 2.33. The second kappa shape index (κ2) is 5.56. The third-order valence-corrected chi connectivity index (χ3v) is 4.88. The molecule has 106 valence electrons. The Morgan fingerprint density at radius 3 is 2.84 bits per heavy atom. The normalized spacial score (nSPS) is 21.3. The number of hydrogen-bond acceptors (Lipinski definition) is 3. The van der Waals surface area contributed by atoms with E-state index in [0.717, 1.165) is 12.8 Å². The second-order valence-corrected chi connectivity index (χ2v) is 6.98. The van der Waals surface area contributed by atoms with Gasteiger partial charge in [-0.1, -0.05) is 18.5 Å². The average molecular weight is 305 g/mol. The van der Waals surface area contributed by atoms with Crippen LogP contribution in [0.25, 0.3) is 0 Å². The highest BCUT2D eigenvalue weighted by molar-refractivity contribution is 7.90.